The van der Waals surface area contributed by atoms with Gasteiger partial charge in [-0.1, -0.05) is 0 Å². The Labute approximate surface area is 92.5 Å². The number of rotatable bonds is 3. The van der Waals surface area contributed by atoms with Crippen LogP contribution in [0.15, 0.2) is 18.5 Å². The lowest BCUT2D eigenvalue weighted by Gasteiger charge is -2.17. The number of aromatic carboxylic acids is 1. The van der Waals surface area contributed by atoms with Crippen molar-refractivity contribution in [2.75, 3.05) is 5.32 Å². The molecular weight excluding hydrogens is 210 g/mol. The topological polar surface area (TPSA) is 105 Å². The maximum absolute atomic E-state index is 11.5. The third kappa shape index (κ3) is 3.03. The summed E-state index contributed by atoms with van der Waals surface area (Å²) in [6.07, 6.45) is 2.56. The summed E-state index contributed by atoms with van der Waals surface area (Å²) in [5, 5.41) is 11.2. The van der Waals surface area contributed by atoms with E-state index in [9.17, 15) is 9.59 Å². The Morgan fingerprint density at radius 2 is 2.06 bits per heavy atom. The lowest BCUT2D eigenvalue weighted by Crippen LogP contribution is -2.45. The molecule has 0 unspecified atom stereocenters. The molecule has 1 amide bonds. The van der Waals surface area contributed by atoms with Gasteiger partial charge in [0.1, 0.15) is 0 Å². The molecule has 86 valence electrons. The van der Waals surface area contributed by atoms with E-state index in [1.807, 2.05) is 0 Å². The van der Waals surface area contributed by atoms with E-state index in [4.69, 9.17) is 10.8 Å². The standard InChI is InChI=1S/C10H13N3O3/c1-10(2,11)9(16)13-7-3-6(8(14)15)4-12-5-7/h3-5H,11H2,1-2H3,(H,13,16)(H,14,15). The van der Waals surface area contributed by atoms with E-state index in [1.54, 1.807) is 13.8 Å². The maximum Gasteiger partial charge on any atom is 0.337 e. The van der Waals surface area contributed by atoms with Crippen LogP contribution in [0.1, 0.15) is 24.2 Å². The molecule has 0 aromatic carbocycles. The predicted octanol–water partition coefficient (Wildman–Crippen LogP) is 0.456. The van der Waals surface area contributed by atoms with Crippen LogP contribution in [0.25, 0.3) is 0 Å². The SMILES string of the molecule is CC(C)(N)C(=O)Nc1cncc(C(=O)O)c1. The normalized spacial score (nSPS) is 10.9. The number of carbonyl (C=O) groups is 2. The highest BCUT2D eigenvalue weighted by molar-refractivity contribution is 5.98. The highest BCUT2D eigenvalue weighted by Gasteiger charge is 2.22. The second-order valence-corrected chi connectivity index (χ2v) is 3.94. The van der Waals surface area contributed by atoms with Gasteiger partial charge in [0.25, 0.3) is 0 Å². The first kappa shape index (κ1) is 12.1. The molecule has 0 aliphatic heterocycles. The summed E-state index contributed by atoms with van der Waals surface area (Å²) in [6.45, 7) is 3.10. The van der Waals surface area contributed by atoms with Crippen molar-refractivity contribution >= 4 is 17.6 Å². The average molecular weight is 223 g/mol. The molecule has 0 bridgehead atoms. The summed E-state index contributed by atoms with van der Waals surface area (Å²) in [6, 6.07) is 1.32. The summed E-state index contributed by atoms with van der Waals surface area (Å²) in [5.41, 5.74) is 4.86. The number of amides is 1. The van der Waals surface area contributed by atoms with E-state index in [1.165, 1.54) is 18.5 Å². The van der Waals surface area contributed by atoms with Crippen molar-refractivity contribution < 1.29 is 14.7 Å². The Kier molecular flexibility index (Phi) is 3.24. The molecule has 0 aliphatic rings. The van der Waals surface area contributed by atoms with Gasteiger partial charge in [-0.05, 0) is 19.9 Å². The molecule has 0 atom stereocenters. The fraction of sp³-hybridized carbons (Fsp3) is 0.300. The Balaban J connectivity index is 2.87. The number of carboxylic acid groups (broad SMARTS) is 1. The zero-order valence-electron chi connectivity index (χ0n) is 9.02. The van der Waals surface area contributed by atoms with Gasteiger partial charge in [-0.3, -0.25) is 9.78 Å². The van der Waals surface area contributed by atoms with Crippen LogP contribution in [0.2, 0.25) is 0 Å². The average Bonchev–Trinajstić information content (AvgIpc) is 2.16. The van der Waals surface area contributed by atoms with Crippen molar-refractivity contribution in [3.63, 3.8) is 0 Å². The zero-order chi connectivity index (χ0) is 12.3. The first-order valence-corrected chi connectivity index (χ1v) is 4.59. The van der Waals surface area contributed by atoms with E-state index in [2.05, 4.69) is 10.3 Å². The summed E-state index contributed by atoms with van der Waals surface area (Å²) in [5.74, 6) is -1.51. The van der Waals surface area contributed by atoms with Gasteiger partial charge in [0.15, 0.2) is 0 Å². The number of hydrogen-bond acceptors (Lipinski definition) is 4. The molecule has 0 spiro atoms. The molecule has 0 saturated carbocycles. The molecule has 4 N–H and O–H groups in total. The third-order valence-electron chi connectivity index (χ3n) is 1.83. The van der Waals surface area contributed by atoms with Gasteiger partial charge in [0.05, 0.1) is 23.0 Å². The van der Waals surface area contributed by atoms with Gasteiger partial charge in [0, 0.05) is 6.20 Å². The molecular formula is C10H13N3O3. The van der Waals surface area contributed by atoms with Gasteiger partial charge in [-0.25, -0.2) is 4.79 Å². The lowest BCUT2D eigenvalue weighted by molar-refractivity contribution is -0.120. The Bertz CT molecular complexity index is 424. The molecule has 6 nitrogen and oxygen atoms in total. The largest absolute Gasteiger partial charge is 0.478 e. The van der Waals surface area contributed by atoms with Crippen LogP contribution in [0, 0.1) is 0 Å². The van der Waals surface area contributed by atoms with Gasteiger partial charge >= 0.3 is 5.97 Å². The minimum absolute atomic E-state index is 0.00706. The monoisotopic (exact) mass is 223 g/mol. The molecule has 0 aliphatic carbocycles. The quantitative estimate of drug-likeness (QED) is 0.690. The van der Waals surface area contributed by atoms with Crippen molar-refractivity contribution in [2.45, 2.75) is 19.4 Å². The number of anilines is 1. The number of nitrogens with zero attached hydrogens (tertiary/aromatic N) is 1. The maximum atomic E-state index is 11.5. The minimum atomic E-state index is -1.10. The number of carboxylic acids is 1. The Hall–Kier alpha value is -1.95. The number of nitrogens with one attached hydrogen (secondary N) is 1. The Morgan fingerprint density at radius 1 is 1.44 bits per heavy atom. The van der Waals surface area contributed by atoms with Crippen LogP contribution in [0.3, 0.4) is 0 Å². The van der Waals surface area contributed by atoms with E-state index in [-0.39, 0.29) is 5.56 Å². The minimum Gasteiger partial charge on any atom is -0.478 e. The van der Waals surface area contributed by atoms with E-state index < -0.39 is 17.4 Å². The zero-order valence-corrected chi connectivity index (χ0v) is 9.02. The fourth-order valence-corrected chi connectivity index (χ4v) is 0.917. The summed E-state index contributed by atoms with van der Waals surface area (Å²) in [4.78, 5) is 25.9. The lowest BCUT2D eigenvalue weighted by atomic mass is 10.1. The predicted molar refractivity (Wildman–Crippen MR) is 58.1 cm³/mol. The van der Waals surface area contributed by atoms with Gasteiger partial charge < -0.3 is 16.2 Å². The van der Waals surface area contributed by atoms with E-state index >= 15 is 0 Å². The highest BCUT2D eigenvalue weighted by Crippen LogP contribution is 2.10. The number of carbonyl (C=O) groups excluding carboxylic acids is 1. The van der Waals surface area contributed by atoms with Crippen LogP contribution < -0.4 is 11.1 Å². The molecule has 0 radical (unpaired) electrons. The molecule has 0 fully saturated rings. The third-order valence-corrected chi connectivity index (χ3v) is 1.83. The molecule has 1 heterocycles. The van der Waals surface area contributed by atoms with Gasteiger partial charge in [0.2, 0.25) is 5.91 Å². The van der Waals surface area contributed by atoms with Crippen LogP contribution in [0.5, 0.6) is 0 Å². The van der Waals surface area contributed by atoms with Gasteiger partial charge in [-0.2, -0.15) is 0 Å². The molecule has 16 heavy (non-hydrogen) atoms. The first-order chi connectivity index (χ1) is 7.30. The van der Waals surface area contributed by atoms with Crippen LogP contribution in [-0.4, -0.2) is 27.5 Å². The second kappa shape index (κ2) is 4.28. The highest BCUT2D eigenvalue weighted by atomic mass is 16.4. The van der Waals surface area contributed by atoms with Gasteiger partial charge in [-0.15, -0.1) is 0 Å². The van der Waals surface area contributed by atoms with Crippen molar-refractivity contribution in [2.24, 2.45) is 5.73 Å². The number of pyridine rings is 1. The molecule has 1 aromatic rings. The van der Waals surface area contributed by atoms with Crippen LogP contribution in [-0.2, 0) is 4.79 Å². The van der Waals surface area contributed by atoms with Crippen LogP contribution in [0.4, 0.5) is 5.69 Å². The summed E-state index contributed by atoms with van der Waals surface area (Å²) < 4.78 is 0. The fourth-order valence-electron chi connectivity index (χ4n) is 0.917. The van der Waals surface area contributed by atoms with Crippen molar-refractivity contribution in [1.82, 2.24) is 4.98 Å². The number of aromatic nitrogens is 1. The number of nitrogens with two attached hydrogens (primary N) is 1. The van der Waals surface area contributed by atoms with Crippen molar-refractivity contribution in [3.8, 4) is 0 Å². The molecule has 0 saturated heterocycles. The first-order valence-electron chi connectivity index (χ1n) is 4.59. The van der Waals surface area contributed by atoms with Crippen molar-refractivity contribution in [3.05, 3.63) is 24.0 Å². The molecule has 1 rings (SSSR count). The molecule has 6 heteroatoms. The summed E-state index contributed by atoms with van der Waals surface area (Å²) in [7, 11) is 0. The van der Waals surface area contributed by atoms with E-state index in [0.29, 0.717) is 5.69 Å². The van der Waals surface area contributed by atoms with Crippen molar-refractivity contribution in [1.29, 1.82) is 0 Å². The van der Waals surface area contributed by atoms with E-state index in [0.717, 1.165) is 0 Å². The Morgan fingerprint density at radius 3 is 2.56 bits per heavy atom. The van der Waals surface area contributed by atoms with Crippen LogP contribution >= 0.6 is 0 Å². The molecule has 1 aromatic heterocycles. The summed E-state index contributed by atoms with van der Waals surface area (Å²) >= 11 is 0. The number of hydrogen-bond donors (Lipinski definition) is 3. The second-order valence-electron chi connectivity index (χ2n) is 3.94. The smallest absolute Gasteiger partial charge is 0.337 e.